The van der Waals surface area contributed by atoms with Gasteiger partial charge in [0.1, 0.15) is 23.2 Å². The third kappa shape index (κ3) is 4.90. The molecule has 0 aliphatic carbocycles. The summed E-state index contributed by atoms with van der Waals surface area (Å²) in [6.07, 6.45) is 1.30. The van der Waals surface area contributed by atoms with Crippen LogP contribution in [-0.4, -0.2) is 10.8 Å². The van der Waals surface area contributed by atoms with E-state index in [9.17, 15) is 20.2 Å². The molecule has 0 fully saturated rings. The van der Waals surface area contributed by atoms with Crippen LogP contribution in [0.25, 0.3) is 17.4 Å². The number of nitriles is 1. The fourth-order valence-corrected chi connectivity index (χ4v) is 2.89. The van der Waals surface area contributed by atoms with Gasteiger partial charge in [-0.15, -0.1) is 0 Å². The van der Waals surface area contributed by atoms with Crippen LogP contribution >= 0.6 is 27.5 Å². The summed E-state index contributed by atoms with van der Waals surface area (Å²) in [5.74, 6) is 0.189. The van der Waals surface area contributed by atoms with Crippen molar-refractivity contribution in [3.63, 3.8) is 0 Å². The molecule has 0 spiro atoms. The highest BCUT2D eigenvalue weighted by Crippen LogP contribution is 2.28. The number of carbonyl (C=O) groups excluding carboxylic acids is 1. The molecule has 0 saturated heterocycles. The maximum Gasteiger partial charge on any atom is 0.271 e. The van der Waals surface area contributed by atoms with Crippen LogP contribution in [-0.2, 0) is 4.79 Å². The van der Waals surface area contributed by atoms with Gasteiger partial charge in [0, 0.05) is 28.2 Å². The van der Waals surface area contributed by atoms with Crippen LogP contribution < -0.4 is 5.32 Å². The van der Waals surface area contributed by atoms with E-state index < -0.39 is 10.8 Å². The van der Waals surface area contributed by atoms with E-state index in [1.54, 1.807) is 12.1 Å². The highest BCUT2D eigenvalue weighted by atomic mass is 79.9. The number of hydrogen-bond acceptors (Lipinski definition) is 5. The van der Waals surface area contributed by atoms with Gasteiger partial charge in [0.15, 0.2) is 0 Å². The number of nitro benzene ring substituents is 1. The zero-order chi connectivity index (χ0) is 21.0. The molecule has 0 radical (unpaired) electrons. The van der Waals surface area contributed by atoms with E-state index in [2.05, 4.69) is 21.2 Å². The molecule has 0 bridgehead atoms. The first kappa shape index (κ1) is 20.3. The van der Waals surface area contributed by atoms with E-state index in [1.165, 1.54) is 18.2 Å². The molecule has 1 heterocycles. The number of carbonyl (C=O) groups is 1. The molecule has 2 aromatic carbocycles. The molecule has 3 rings (SSSR count). The Morgan fingerprint density at radius 3 is 2.55 bits per heavy atom. The Hall–Kier alpha value is -3.41. The molecule has 1 N–H and O–H groups in total. The smallest absolute Gasteiger partial charge is 0.271 e. The molecule has 3 aromatic rings. The summed E-state index contributed by atoms with van der Waals surface area (Å²) in [5, 5.41) is 22.5. The first-order chi connectivity index (χ1) is 13.9. The summed E-state index contributed by atoms with van der Waals surface area (Å²) in [6, 6.07) is 16.3. The number of non-ortho nitro benzene ring substituents is 1. The maximum absolute atomic E-state index is 12.4. The largest absolute Gasteiger partial charge is 0.457 e. The third-order valence-electron chi connectivity index (χ3n) is 3.82. The second-order valence-electron chi connectivity index (χ2n) is 5.75. The van der Waals surface area contributed by atoms with E-state index >= 15 is 0 Å². The van der Waals surface area contributed by atoms with E-state index in [-0.39, 0.29) is 22.0 Å². The molecule has 1 aromatic heterocycles. The Bertz CT molecular complexity index is 1160. The van der Waals surface area contributed by atoms with Crippen molar-refractivity contribution in [2.24, 2.45) is 0 Å². The molecule has 7 nitrogen and oxygen atoms in total. The molecule has 0 atom stereocenters. The van der Waals surface area contributed by atoms with Gasteiger partial charge in [-0.2, -0.15) is 5.26 Å². The van der Waals surface area contributed by atoms with Crippen LogP contribution in [0.15, 0.2) is 69.1 Å². The summed E-state index contributed by atoms with van der Waals surface area (Å²) in [4.78, 5) is 22.6. The average molecular weight is 473 g/mol. The van der Waals surface area contributed by atoms with Crippen molar-refractivity contribution in [2.45, 2.75) is 0 Å². The van der Waals surface area contributed by atoms with Gasteiger partial charge in [-0.1, -0.05) is 39.7 Å². The number of furan rings is 1. The zero-order valence-electron chi connectivity index (χ0n) is 14.6. The highest BCUT2D eigenvalue weighted by Gasteiger charge is 2.15. The predicted molar refractivity (Wildman–Crippen MR) is 112 cm³/mol. The van der Waals surface area contributed by atoms with Crippen LogP contribution in [0.5, 0.6) is 0 Å². The summed E-state index contributed by atoms with van der Waals surface area (Å²) < 4.78 is 6.62. The zero-order valence-corrected chi connectivity index (χ0v) is 16.9. The van der Waals surface area contributed by atoms with Gasteiger partial charge in [0.2, 0.25) is 0 Å². The lowest BCUT2D eigenvalue weighted by molar-refractivity contribution is -0.384. The molecular weight excluding hydrogens is 462 g/mol. The molecule has 29 heavy (non-hydrogen) atoms. The molecule has 0 unspecified atom stereocenters. The molecule has 9 heteroatoms. The lowest BCUT2D eigenvalue weighted by atomic mass is 10.2. The number of amides is 1. The second kappa shape index (κ2) is 8.73. The van der Waals surface area contributed by atoms with E-state index in [0.29, 0.717) is 11.5 Å². The van der Waals surface area contributed by atoms with Crippen molar-refractivity contribution in [1.82, 2.24) is 0 Å². The summed E-state index contributed by atoms with van der Waals surface area (Å²) in [6.45, 7) is 0. The Balaban J connectivity index is 1.80. The van der Waals surface area contributed by atoms with Crippen molar-refractivity contribution in [3.05, 3.63) is 85.5 Å². The van der Waals surface area contributed by atoms with Gasteiger partial charge < -0.3 is 9.73 Å². The summed E-state index contributed by atoms with van der Waals surface area (Å²) >= 11 is 9.33. The van der Waals surface area contributed by atoms with E-state index in [1.807, 2.05) is 30.3 Å². The van der Waals surface area contributed by atoms with Crippen molar-refractivity contribution < 1.29 is 14.1 Å². The summed E-state index contributed by atoms with van der Waals surface area (Å²) in [5.41, 5.74) is 0.572. The van der Waals surface area contributed by atoms with Gasteiger partial charge in [-0.25, -0.2) is 0 Å². The van der Waals surface area contributed by atoms with Crippen molar-refractivity contribution in [3.8, 4) is 17.4 Å². The number of halogens is 2. The molecular formula is C20H11BrClN3O4. The third-order valence-corrected chi connectivity index (χ3v) is 4.66. The lowest BCUT2D eigenvalue weighted by Crippen LogP contribution is -2.13. The Morgan fingerprint density at radius 1 is 1.21 bits per heavy atom. The Kier molecular flexibility index (Phi) is 6.12. The monoisotopic (exact) mass is 471 g/mol. The molecule has 0 saturated carbocycles. The summed E-state index contributed by atoms with van der Waals surface area (Å²) in [7, 11) is 0. The minimum Gasteiger partial charge on any atom is -0.457 e. The van der Waals surface area contributed by atoms with E-state index in [4.69, 9.17) is 16.0 Å². The van der Waals surface area contributed by atoms with Gasteiger partial charge in [0.25, 0.3) is 11.6 Å². The maximum atomic E-state index is 12.4. The quantitative estimate of drug-likeness (QED) is 0.218. The van der Waals surface area contributed by atoms with Crippen molar-refractivity contribution in [2.75, 3.05) is 5.32 Å². The normalized spacial score (nSPS) is 11.0. The van der Waals surface area contributed by atoms with Crippen LogP contribution in [0.1, 0.15) is 5.76 Å². The standard InChI is InChI=1S/C20H11BrClN3O4/c21-14-3-1-12(2-4-14)19-8-6-16(29-19)9-13(11-23)20(26)24-18-7-5-15(25(27)28)10-17(18)22/h1-10H,(H,24,26). The SMILES string of the molecule is N#CC(=Cc1ccc(-c2ccc(Br)cc2)o1)C(=O)Nc1ccc([N+](=O)[O-])cc1Cl. The molecule has 0 aliphatic rings. The number of rotatable bonds is 5. The Labute approximate surface area is 178 Å². The van der Waals surface area contributed by atoms with Gasteiger partial charge in [0.05, 0.1) is 15.6 Å². The molecule has 0 aliphatic heterocycles. The van der Waals surface area contributed by atoms with Gasteiger partial charge >= 0.3 is 0 Å². The highest BCUT2D eigenvalue weighted by molar-refractivity contribution is 9.10. The van der Waals surface area contributed by atoms with Crippen LogP contribution in [0.4, 0.5) is 11.4 Å². The fraction of sp³-hybridized carbons (Fsp3) is 0. The average Bonchev–Trinajstić information content (AvgIpc) is 3.16. The molecule has 1 amide bonds. The minimum absolute atomic E-state index is 0.0136. The van der Waals surface area contributed by atoms with Crippen LogP contribution in [0.2, 0.25) is 5.02 Å². The number of nitro groups is 1. The lowest BCUT2D eigenvalue weighted by Gasteiger charge is -2.06. The number of benzene rings is 2. The van der Waals surface area contributed by atoms with Crippen molar-refractivity contribution in [1.29, 1.82) is 5.26 Å². The Morgan fingerprint density at radius 2 is 1.93 bits per heavy atom. The molecule has 144 valence electrons. The minimum atomic E-state index is -0.718. The topological polar surface area (TPSA) is 109 Å². The number of anilines is 1. The predicted octanol–water partition coefficient (Wildman–Crippen LogP) is 5.82. The van der Waals surface area contributed by atoms with Crippen LogP contribution in [0.3, 0.4) is 0 Å². The number of nitrogens with one attached hydrogen (secondary N) is 1. The van der Waals surface area contributed by atoms with Crippen LogP contribution in [0, 0.1) is 21.4 Å². The van der Waals surface area contributed by atoms with Gasteiger partial charge in [-0.3, -0.25) is 14.9 Å². The first-order valence-corrected chi connectivity index (χ1v) is 9.27. The van der Waals surface area contributed by atoms with E-state index in [0.717, 1.165) is 16.1 Å². The second-order valence-corrected chi connectivity index (χ2v) is 7.08. The first-order valence-electron chi connectivity index (χ1n) is 8.10. The fourth-order valence-electron chi connectivity index (χ4n) is 2.40. The van der Waals surface area contributed by atoms with Crippen molar-refractivity contribution >= 4 is 50.9 Å². The number of hydrogen-bond donors (Lipinski definition) is 1. The number of nitrogens with zero attached hydrogens (tertiary/aromatic N) is 2. The van der Waals surface area contributed by atoms with Gasteiger partial charge in [-0.05, 0) is 30.3 Å².